The van der Waals surface area contributed by atoms with Crippen molar-refractivity contribution in [2.45, 2.75) is 52.9 Å². The SMILES string of the molecule is CCCCN(CC(=O)Nc1cc(C(C)(C)C)nn1-c1ccccc1C)C(=O)Nc1c(Cl)cccc1Cl. The lowest BCUT2D eigenvalue weighted by Crippen LogP contribution is -2.41. The average Bonchev–Trinajstić information content (AvgIpc) is 3.23. The topological polar surface area (TPSA) is 79.3 Å². The van der Waals surface area contributed by atoms with Gasteiger partial charge in [-0.25, -0.2) is 9.48 Å². The quantitative estimate of drug-likeness (QED) is 0.327. The first-order chi connectivity index (χ1) is 17.0. The molecule has 9 heteroatoms. The number of hydrogen-bond donors (Lipinski definition) is 2. The summed E-state index contributed by atoms with van der Waals surface area (Å²) in [5.74, 6) is 0.214. The third kappa shape index (κ3) is 6.80. The highest BCUT2D eigenvalue weighted by Crippen LogP contribution is 2.30. The van der Waals surface area contributed by atoms with Gasteiger partial charge < -0.3 is 15.5 Å². The first kappa shape index (κ1) is 27.6. The molecule has 1 heterocycles. The third-order valence-electron chi connectivity index (χ3n) is 5.69. The predicted molar refractivity (Wildman–Crippen MR) is 148 cm³/mol. The molecule has 3 rings (SSSR count). The van der Waals surface area contributed by atoms with Crippen LogP contribution < -0.4 is 10.6 Å². The molecule has 0 saturated heterocycles. The molecule has 0 aliphatic heterocycles. The summed E-state index contributed by atoms with van der Waals surface area (Å²) in [6.07, 6.45) is 1.61. The number of amides is 3. The van der Waals surface area contributed by atoms with Crippen LogP contribution in [-0.2, 0) is 10.2 Å². The molecule has 0 unspecified atom stereocenters. The highest BCUT2D eigenvalue weighted by atomic mass is 35.5. The summed E-state index contributed by atoms with van der Waals surface area (Å²) in [6.45, 7) is 10.5. The molecule has 2 aromatic carbocycles. The van der Waals surface area contributed by atoms with E-state index in [0.29, 0.717) is 28.1 Å². The normalized spacial score (nSPS) is 11.3. The van der Waals surface area contributed by atoms with E-state index in [-0.39, 0.29) is 17.9 Å². The summed E-state index contributed by atoms with van der Waals surface area (Å²) in [5, 5.41) is 11.2. The molecule has 0 bridgehead atoms. The monoisotopic (exact) mass is 529 g/mol. The molecule has 0 aliphatic carbocycles. The van der Waals surface area contributed by atoms with E-state index < -0.39 is 6.03 Å². The van der Waals surface area contributed by atoms with Crippen LogP contribution in [0.2, 0.25) is 10.0 Å². The van der Waals surface area contributed by atoms with E-state index >= 15 is 0 Å². The molecule has 0 aliphatic rings. The average molecular weight is 531 g/mol. The highest BCUT2D eigenvalue weighted by Gasteiger charge is 2.24. The number of unbranched alkanes of at least 4 members (excludes halogenated alkanes) is 1. The Balaban J connectivity index is 1.84. The van der Waals surface area contributed by atoms with Crippen LogP contribution in [0.1, 0.15) is 51.8 Å². The van der Waals surface area contributed by atoms with Gasteiger partial charge in [-0.15, -0.1) is 0 Å². The number of carbonyl (C=O) groups is 2. The minimum Gasteiger partial charge on any atom is -0.315 e. The van der Waals surface area contributed by atoms with Crippen molar-refractivity contribution in [3.63, 3.8) is 0 Å². The second-order valence-electron chi connectivity index (χ2n) is 9.71. The number of halogens is 2. The Morgan fingerprint density at radius 3 is 2.31 bits per heavy atom. The molecule has 2 N–H and O–H groups in total. The Morgan fingerprint density at radius 2 is 1.69 bits per heavy atom. The first-order valence-corrected chi connectivity index (χ1v) is 12.7. The van der Waals surface area contributed by atoms with Crippen molar-refractivity contribution in [1.82, 2.24) is 14.7 Å². The summed E-state index contributed by atoms with van der Waals surface area (Å²) in [6, 6.07) is 14.3. The highest BCUT2D eigenvalue weighted by molar-refractivity contribution is 6.39. The maximum atomic E-state index is 13.2. The number of rotatable bonds is 8. The van der Waals surface area contributed by atoms with Gasteiger partial charge in [-0.05, 0) is 37.1 Å². The van der Waals surface area contributed by atoms with Crippen LogP contribution in [0.3, 0.4) is 0 Å². The van der Waals surface area contributed by atoms with Crippen LogP contribution in [0.25, 0.3) is 5.69 Å². The number of carbonyl (C=O) groups excluding carboxylic acids is 2. The summed E-state index contributed by atoms with van der Waals surface area (Å²) < 4.78 is 1.74. The zero-order chi connectivity index (χ0) is 26.5. The van der Waals surface area contributed by atoms with Gasteiger partial charge in [0.05, 0.1) is 27.1 Å². The number of nitrogens with one attached hydrogen (secondary N) is 2. The van der Waals surface area contributed by atoms with Crippen molar-refractivity contribution in [1.29, 1.82) is 0 Å². The van der Waals surface area contributed by atoms with Crippen molar-refractivity contribution in [3.05, 3.63) is 69.8 Å². The Kier molecular flexibility index (Phi) is 9.03. The minimum absolute atomic E-state index is 0.141. The minimum atomic E-state index is -0.448. The van der Waals surface area contributed by atoms with E-state index in [1.54, 1.807) is 22.9 Å². The van der Waals surface area contributed by atoms with Crippen LogP contribution in [0.15, 0.2) is 48.5 Å². The number of aryl methyl sites for hydroxylation is 1. The predicted octanol–water partition coefficient (Wildman–Crippen LogP) is 7.06. The van der Waals surface area contributed by atoms with E-state index in [9.17, 15) is 9.59 Å². The Bertz CT molecular complexity index is 1210. The fourth-order valence-electron chi connectivity index (χ4n) is 3.58. The smallest absolute Gasteiger partial charge is 0.315 e. The maximum absolute atomic E-state index is 13.2. The van der Waals surface area contributed by atoms with Crippen LogP contribution in [0.5, 0.6) is 0 Å². The first-order valence-electron chi connectivity index (χ1n) is 12.0. The van der Waals surface area contributed by atoms with Crippen LogP contribution in [0, 0.1) is 6.92 Å². The molecule has 0 saturated carbocycles. The van der Waals surface area contributed by atoms with E-state index in [1.807, 2.05) is 44.2 Å². The number of benzene rings is 2. The van der Waals surface area contributed by atoms with Crippen molar-refractivity contribution in [2.75, 3.05) is 23.7 Å². The lowest BCUT2D eigenvalue weighted by Gasteiger charge is -2.23. The van der Waals surface area contributed by atoms with Gasteiger partial charge >= 0.3 is 6.03 Å². The van der Waals surface area contributed by atoms with Crippen molar-refractivity contribution in [2.24, 2.45) is 0 Å². The van der Waals surface area contributed by atoms with Gasteiger partial charge in [0.2, 0.25) is 5.91 Å². The Morgan fingerprint density at radius 1 is 1.03 bits per heavy atom. The lowest BCUT2D eigenvalue weighted by atomic mass is 9.92. The lowest BCUT2D eigenvalue weighted by molar-refractivity contribution is -0.116. The van der Waals surface area contributed by atoms with Gasteiger partial charge in [0.15, 0.2) is 0 Å². The molecule has 0 radical (unpaired) electrons. The molecule has 0 fully saturated rings. The molecule has 7 nitrogen and oxygen atoms in total. The van der Waals surface area contributed by atoms with E-state index in [2.05, 4.69) is 31.4 Å². The number of anilines is 2. The summed E-state index contributed by atoms with van der Waals surface area (Å²) >= 11 is 12.4. The van der Waals surface area contributed by atoms with Gasteiger partial charge in [0.1, 0.15) is 12.4 Å². The zero-order valence-electron chi connectivity index (χ0n) is 21.4. The summed E-state index contributed by atoms with van der Waals surface area (Å²) in [5.41, 5.74) is 2.85. The molecule has 1 aromatic heterocycles. The van der Waals surface area contributed by atoms with Gasteiger partial charge in [-0.1, -0.05) is 81.6 Å². The summed E-state index contributed by atoms with van der Waals surface area (Å²) in [7, 11) is 0. The Labute approximate surface area is 222 Å². The van der Waals surface area contributed by atoms with Crippen molar-refractivity contribution in [3.8, 4) is 5.69 Å². The van der Waals surface area contributed by atoms with E-state index in [0.717, 1.165) is 29.8 Å². The molecular weight excluding hydrogens is 497 g/mol. The van der Waals surface area contributed by atoms with Gasteiger partial charge in [0, 0.05) is 18.0 Å². The molecule has 3 aromatic rings. The largest absolute Gasteiger partial charge is 0.322 e. The van der Waals surface area contributed by atoms with E-state index in [1.165, 1.54) is 4.90 Å². The number of aromatic nitrogens is 2. The number of nitrogens with zero attached hydrogens (tertiary/aromatic N) is 3. The van der Waals surface area contributed by atoms with Crippen LogP contribution >= 0.6 is 23.2 Å². The van der Waals surface area contributed by atoms with Crippen LogP contribution in [0.4, 0.5) is 16.3 Å². The van der Waals surface area contributed by atoms with Gasteiger partial charge in [0.25, 0.3) is 0 Å². The van der Waals surface area contributed by atoms with Crippen molar-refractivity contribution >= 4 is 46.6 Å². The van der Waals surface area contributed by atoms with Gasteiger partial charge in [-0.2, -0.15) is 5.10 Å². The van der Waals surface area contributed by atoms with E-state index in [4.69, 9.17) is 28.3 Å². The maximum Gasteiger partial charge on any atom is 0.322 e. The number of hydrogen-bond acceptors (Lipinski definition) is 3. The number of para-hydroxylation sites is 2. The molecule has 0 spiro atoms. The third-order valence-corrected chi connectivity index (χ3v) is 6.32. The molecule has 3 amide bonds. The number of urea groups is 1. The summed E-state index contributed by atoms with van der Waals surface area (Å²) in [4.78, 5) is 27.7. The van der Waals surface area contributed by atoms with Crippen LogP contribution in [-0.4, -0.2) is 39.7 Å². The zero-order valence-corrected chi connectivity index (χ0v) is 22.9. The fraction of sp³-hybridized carbons (Fsp3) is 0.370. The standard InChI is InChI=1S/C27H33Cl2N5O2/c1-6-7-15-33(26(36)31-25-19(28)12-10-13-20(25)29)17-24(35)30-23-16-22(27(3,4)5)32-34(23)21-14-9-8-11-18(21)2/h8-14,16H,6-7,15,17H2,1-5H3,(H,30,35)(H,31,36). The molecular formula is C27H33Cl2N5O2. The Hall–Kier alpha value is -3.03. The van der Waals surface area contributed by atoms with Crippen molar-refractivity contribution < 1.29 is 9.59 Å². The molecule has 192 valence electrons. The fourth-order valence-corrected chi connectivity index (χ4v) is 4.07. The second kappa shape index (κ2) is 11.8. The molecule has 36 heavy (non-hydrogen) atoms. The second-order valence-corrected chi connectivity index (χ2v) is 10.5. The van der Waals surface area contributed by atoms with Gasteiger partial charge in [-0.3, -0.25) is 4.79 Å². The molecule has 0 atom stereocenters.